The highest BCUT2D eigenvalue weighted by Gasteiger charge is 1.98. The fourth-order valence-corrected chi connectivity index (χ4v) is 2.66. The maximum absolute atomic E-state index is 5.82. The average molecular weight is 394 g/mol. The smallest absolute Gasteiger partial charge is 0.119 e. The molecule has 0 aliphatic carbocycles. The summed E-state index contributed by atoms with van der Waals surface area (Å²) >= 11 is 3.44. The summed E-state index contributed by atoms with van der Waals surface area (Å²) in [6.45, 7) is 4.71. The molecule has 0 bridgehead atoms. The first-order chi connectivity index (χ1) is 12.1. The zero-order chi connectivity index (χ0) is 17.6. The first kappa shape index (κ1) is 17.4. The first-order valence-electron chi connectivity index (χ1n) is 8.19. The number of hydrogen-bond donors (Lipinski definition) is 0. The number of nitrogens with zero attached hydrogens (tertiary/aromatic N) is 1. The Balaban J connectivity index is 1.62. The number of ether oxygens (including phenoxy) is 1. The monoisotopic (exact) mass is 393 g/mol. The van der Waals surface area contributed by atoms with Crippen molar-refractivity contribution in [2.45, 2.75) is 20.5 Å². The highest BCUT2D eigenvalue weighted by molar-refractivity contribution is 9.10. The number of hydrogen-bond acceptors (Lipinski definition) is 2. The Bertz CT molecular complexity index is 868. The van der Waals surface area contributed by atoms with Gasteiger partial charge in [-0.15, -0.1) is 0 Å². The van der Waals surface area contributed by atoms with E-state index in [0.29, 0.717) is 6.61 Å². The molecule has 3 heteroatoms. The van der Waals surface area contributed by atoms with Crippen LogP contribution in [0.4, 0.5) is 5.69 Å². The van der Waals surface area contributed by atoms with Crippen LogP contribution in [0.25, 0.3) is 0 Å². The normalized spacial score (nSPS) is 11.0. The van der Waals surface area contributed by atoms with E-state index in [-0.39, 0.29) is 0 Å². The zero-order valence-corrected chi connectivity index (χ0v) is 16.0. The molecule has 0 N–H and O–H groups in total. The molecule has 2 nitrogen and oxygen atoms in total. The van der Waals surface area contributed by atoms with Gasteiger partial charge in [-0.25, -0.2) is 0 Å². The molecule has 25 heavy (non-hydrogen) atoms. The molecule has 3 aromatic rings. The second-order valence-corrected chi connectivity index (χ2v) is 6.95. The van der Waals surface area contributed by atoms with Gasteiger partial charge in [0.2, 0.25) is 0 Å². The van der Waals surface area contributed by atoms with Crippen molar-refractivity contribution in [3.63, 3.8) is 0 Å². The Morgan fingerprint density at radius 3 is 2.36 bits per heavy atom. The molecule has 0 radical (unpaired) electrons. The minimum Gasteiger partial charge on any atom is -0.489 e. The lowest BCUT2D eigenvalue weighted by molar-refractivity contribution is 0.306. The van der Waals surface area contributed by atoms with Gasteiger partial charge in [0.15, 0.2) is 0 Å². The maximum atomic E-state index is 5.82. The maximum Gasteiger partial charge on any atom is 0.119 e. The van der Waals surface area contributed by atoms with Crippen LogP contribution < -0.4 is 4.74 Å². The highest BCUT2D eigenvalue weighted by atomic mass is 79.9. The van der Waals surface area contributed by atoms with Crippen LogP contribution in [0.2, 0.25) is 0 Å². The van der Waals surface area contributed by atoms with Crippen molar-refractivity contribution < 1.29 is 4.74 Å². The lowest BCUT2D eigenvalue weighted by atomic mass is 10.1. The quantitative estimate of drug-likeness (QED) is 0.459. The Labute approximate surface area is 157 Å². The van der Waals surface area contributed by atoms with E-state index in [1.807, 2.05) is 42.6 Å². The first-order valence-corrected chi connectivity index (χ1v) is 8.98. The van der Waals surface area contributed by atoms with Gasteiger partial charge in [0, 0.05) is 10.7 Å². The van der Waals surface area contributed by atoms with Crippen LogP contribution in [0.15, 0.2) is 76.2 Å². The summed E-state index contributed by atoms with van der Waals surface area (Å²) in [6, 6.07) is 22.4. The molecule has 0 aliphatic rings. The predicted molar refractivity (Wildman–Crippen MR) is 108 cm³/mol. The van der Waals surface area contributed by atoms with Crippen LogP contribution in [-0.2, 0) is 6.61 Å². The molecule has 0 unspecified atom stereocenters. The van der Waals surface area contributed by atoms with Gasteiger partial charge in [0.1, 0.15) is 12.4 Å². The Hall–Kier alpha value is -2.39. The van der Waals surface area contributed by atoms with Crippen molar-refractivity contribution in [3.05, 3.63) is 93.5 Å². The summed E-state index contributed by atoms with van der Waals surface area (Å²) in [4.78, 5) is 4.60. The van der Waals surface area contributed by atoms with Crippen LogP contribution >= 0.6 is 15.9 Å². The zero-order valence-electron chi connectivity index (χ0n) is 14.4. The fourth-order valence-electron chi connectivity index (χ4n) is 2.40. The fraction of sp³-hybridized carbons (Fsp3) is 0.136. The van der Waals surface area contributed by atoms with Crippen LogP contribution in [0, 0.1) is 13.8 Å². The van der Waals surface area contributed by atoms with Gasteiger partial charge in [0.25, 0.3) is 0 Å². The van der Waals surface area contributed by atoms with Crippen molar-refractivity contribution in [3.8, 4) is 5.75 Å². The van der Waals surface area contributed by atoms with Crippen LogP contribution in [-0.4, -0.2) is 6.21 Å². The number of rotatable bonds is 5. The van der Waals surface area contributed by atoms with E-state index in [9.17, 15) is 0 Å². The third-order valence-electron chi connectivity index (χ3n) is 3.92. The van der Waals surface area contributed by atoms with E-state index in [0.717, 1.165) is 27.0 Å². The predicted octanol–water partition coefficient (Wildman–Crippen LogP) is 6.40. The van der Waals surface area contributed by atoms with Crippen molar-refractivity contribution in [2.24, 2.45) is 4.99 Å². The molecule has 0 aliphatic heterocycles. The Kier molecular flexibility index (Phi) is 5.67. The van der Waals surface area contributed by atoms with Gasteiger partial charge < -0.3 is 4.74 Å². The van der Waals surface area contributed by atoms with Crippen LogP contribution in [0.1, 0.15) is 22.3 Å². The molecular formula is C22H20BrNO. The van der Waals surface area contributed by atoms with E-state index in [1.54, 1.807) is 0 Å². The average Bonchev–Trinajstić information content (AvgIpc) is 2.63. The van der Waals surface area contributed by atoms with Gasteiger partial charge in [-0.1, -0.05) is 40.2 Å². The largest absolute Gasteiger partial charge is 0.489 e. The molecule has 0 saturated heterocycles. The van der Waals surface area contributed by atoms with E-state index in [4.69, 9.17) is 4.74 Å². The molecule has 0 fully saturated rings. The van der Waals surface area contributed by atoms with Crippen molar-refractivity contribution >= 4 is 27.8 Å². The van der Waals surface area contributed by atoms with E-state index in [1.165, 1.54) is 11.1 Å². The molecule has 0 amide bonds. The summed E-state index contributed by atoms with van der Waals surface area (Å²) in [7, 11) is 0. The van der Waals surface area contributed by atoms with E-state index < -0.39 is 0 Å². The third-order valence-corrected chi connectivity index (χ3v) is 4.44. The number of aliphatic imine (C=N–C) groups is 1. The SMILES string of the molecule is Cc1ccc(C)c(N=Cc2ccc(OCc3ccc(Br)cc3)cc2)c1. The number of benzene rings is 3. The second kappa shape index (κ2) is 8.13. The summed E-state index contributed by atoms with van der Waals surface area (Å²) in [5, 5.41) is 0. The van der Waals surface area contributed by atoms with E-state index in [2.05, 4.69) is 65.1 Å². The lowest BCUT2D eigenvalue weighted by Crippen LogP contribution is -1.95. The van der Waals surface area contributed by atoms with Gasteiger partial charge >= 0.3 is 0 Å². The molecular weight excluding hydrogens is 374 g/mol. The number of halogens is 1. The lowest BCUT2D eigenvalue weighted by Gasteiger charge is -2.07. The molecule has 0 saturated carbocycles. The Morgan fingerprint density at radius 1 is 0.920 bits per heavy atom. The summed E-state index contributed by atoms with van der Waals surface area (Å²) in [6.07, 6.45) is 1.89. The number of aryl methyl sites for hydroxylation is 2. The second-order valence-electron chi connectivity index (χ2n) is 6.03. The molecule has 3 aromatic carbocycles. The van der Waals surface area contributed by atoms with Crippen LogP contribution in [0.5, 0.6) is 5.75 Å². The van der Waals surface area contributed by atoms with Crippen LogP contribution in [0.3, 0.4) is 0 Å². The van der Waals surface area contributed by atoms with Gasteiger partial charge in [-0.05, 0) is 78.6 Å². The van der Waals surface area contributed by atoms with Crippen molar-refractivity contribution in [1.82, 2.24) is 0 Å². The third kappa shape index (κ3) is 5.04. The van der Waals surface area contributed by atoms with Gasteiger partial charge in [0.05, 0.1) is 5.69 Å². The molecule has 3 rings (SSSR count). The molecule has 0 atom stereocenters. The molecule has 0 spiro atoms. The van der Waals surface area contributed by atoms with E-state index >= 15 is 0 Å². The summed E-state index contributed by atoms with van der Waals surface area (Å²) in [5.41, 5.74) is 5.60. The van der Waals surface area contributed by atoms with Gasteiger partial charge in [-0.2, -0.15) is 0 Å². The molecule has 0 aromatic heterocycles. The minimum absolute atomic E-state index is 0.559. The minimum atomic E-state index is 0.559. The van der Waals surface area contributed by atoms with Gasteiger partial charge in [-0.3, -0.25) is 4.99 Å². The van der Waals surface area contributed by atoms with Crippen molar-refractivity contribution in [2.75, 3.05) is 0 Å². The van der Waals surface area contributed by atoms with Crippen molar-refractivity contribution in [1.29, 1.82) is 0 Å². The topological polar surface area (TPSA) is 21.6 Å². The molecule has 126 valence electrons. The molecule has 0 heterocycles. The summed E-state index contributed by atoms with van der Waals surface area (Å²) in [5.74, 6) is 0.854. The standard InChI is InChI=1S/C22H20BrNO/c1-16-3-4-17(2)22(13-16)24-14-18-7-11-21(12-8-18)25-15-19-5-9-20(23)10-6-19/h3-14H,15H2,1-2H3. The Morgan fingerprint density at radius 2 is 1.64 bits per heavy atom. The highest BCUT2D eigenvalue weighted by Crippen LogP contribution is 2.20. The summed E-state index contributed by atoms with van der Waals surface area (Å²) < 4.78 is 6.90.